The van der Waals surface area contributed by atoms with Gasteiger partial charge >= 0.3 is 0 Å². The predicted molar refractivity (Wildman–Crippen MR) is 55.3 cm³/mol. The second kappa shape index (κ2) is 5.97. The molecule has 0 aromatic carbocycles. The second-order valence-corrected chi connectivity index (χ2v) is 3.95. The van der Waals surface area contributed by atoms with Crippen molar-refractivity contribution in [3.8, 4) is 0 Å². The predicted octanol–water partition coefficient (Wildman–Crippen LogP) is 1.13. The van der Waals surface area contributed by atoms with Gasteiger partial charge in [0.25, 0.3) is 0 Å². The molecule has 0 aliphatic rings. The van der Waals surface area contributed by atoms with Crippen LogP contribution in [0.2, 0.25) is 0 Å². The first-order chi connectivity index (χ1) is 5.99. The highest BCUT2D eigenvalue weighted by Gasteiger charge is 2.16. The summed E-state index contributed by atoms with van der Waals surface area (Å²) in [5.41, 5.74) is 5.68. The van der Waals surface area contributed by atoms with E-state index in [1.807, 2.05) is 27.7 Å². The highest BCUT2D eigenvalue weighted by Crippen LogP contribution is 2.08. The quantitative estimate of drug-likeness (QED) is 0.676. The van der Waals surface area contributed by atoms with Gasteiger partial charge in [0.1, 0.15) is 0 Å². The SMILES string of the molecule is CCC(N)CNC(=O)C(C)C(C)C. The molecule has 13 heavy (non-hydrogen) atoms. The zero-order valence-corrected chi connectivity index (χ0v) is 9.13. The van der Waals surface area contributed by atoms with Crippen molar-refractivity contribution < 1.29 is 4.79 Å². The van der Waals surface area contributed by atoms with Crippen molar-refractivity contribution in [3.05, 3.63) is 0 Å². The fourth-order valence-corrected chi connectivity index (χ4v) is 0.840. The molecule has 0 aromatic heterocycles. The van der Waals surface area contributed by atoms with Gasteiger partial charge in [-0.15, -0.1) is 0 Å². The van der Waals surface area contributed by atoms with Crippen LogP contribution >= 0.6 is 0 Å². The van der Waals surface area contributed by atoms with E-state index in [0.717, 1.165) is 6.42 Å². The Bertz CT molecular complexity index is 157. The van der Waals surface area contributed by atoms with Crippen LogP contribution in [0.25, 0.3) is 0 Å². The number of hydrogen-bond acceptors (Lipinski definition) is 2. The molecule has 0 saturated carbocycles. The van der Waals surface area contributed by atoms with Crippen molar-refractivity contribution >= 4 is 5.91 Å². The van der Waals surface area contributed by atoms with E-state index in [1.54, 1.807) is 0 Å². The van der Waals surface area contributed by atoms with Crippen molar-refractivity contribution in [1.82, 2.24) is 5.32 Å². The van der Waals surface area contributed by atoms with Crippen LogP contribution < -0.4 is 11.1 Å². The number of carbonyl (C=O) groups is 1. The standard InChI is InChI=1S/C10H22N2O/c1-5-9(11)6-12-10(13)8(4)7(2)3/h7-9H,5-6,11H2,1-4H3,(H,12,13). The van der Waals surface area contributed by atoms with E-state index in [1.165, 1.54) is 0 Å². The van der Waals surface area contributed by atoms with Gasteiger partial charge in [0.2, 0.25) is 5.91 Å². The summed E-state index contributed by atoms with van der Waals surface area (Å²) in [4.78, 5) is 11.4. The number of nitrogens with two attached hydrogens (primary N) is 1. The number of amides is 1. The van der Waals surface area contributed by atoms with Gasteiger partial charge in [-0.2, -0.15) is 0 Å². The molecule has 3 N–H and O–H groups in total. The summed E-state index contributed by atoms with van der Waals surface area (Å²) < 4.78 is 0. The molecular formula is C10H22N2O. The number of hydrogen-bond donors (Lipinski definition) is 2. The fraction of sp³-hybridized carbons (Fsp3) is 0.900. The Kier molecular flexibility index (Phi) is 5.71. The smallest absolute Gasteiger partial charge is 0.223 e. The lowest BCUT2D eigenvalue weighted by Crippen LogP contribution is -2.40. The Morgan fingerprint density at radius 3 is 2.31 bits per heavy atom. The van der Waals surface area contributed by atoms with Gasteiger partial charge in [0.05, 0.1) is 0 Å². The summed E-state index contributed by atoms with van der Waals surface area (Å²) in [5, 5.41) is 2.85. The van der Waals surface area contributed by atoms with Gasteiger partial charge in [-0.1, -0.05) is 27.7 Å². The van der Waals surface area contributed by atoms with Crippen LogP contribution in [-0.4, -0.2) is 18.5 Å². The van der Waals surface area contributed by atoms with Crippen molar-refractivity contribution in [2.45, 2.75) is 40.2 Å². The van der Waals surface area contributed by atoms with Gasteiger partial charge in [0.15, 0.2) is 0 Å². The third kappa shape index (κ3) is 4.88. The first-order valence-electron chi connectivity index (χ1n) is 5.02. The van der Waals surface area contributed by atoms with Crippen LogP contribution in [0.3, 0.4) is 0 Å². The highest BCUT2D eigenvalue weighted by atomic mass is 16.1. The van der Waals surface area contributed by atoms with Crippen LogP contribution in [0.15, 0.2) is 0 Å². The molecule has 1 amide bonds. The molecular weight excluding hydrogens is 164 g/mol. The summed E-state index contributed by atoms with van der Waals surface area (Å²) in [6.45, 7) is 8.64. The minimum absolute atomic E-state index is 0.0732. The Morgan fingerprint density at radius 2 is 1.92 bits per heavy atom. The zero-order valence-electron chi connectivity index (χ0n) is 9.13. The number of nitrogens with one attached hydrogen (secondary N) is 1. The largest absolute Gasteiger partial charge is 0.354 e. The first kappa shape index (κ1) is 12.4. The Hall–Kier alpha value is -0.570. The molecule has 0 radical (unpaired) electrons. The summed E-state index contributed by atoms with van der Waals surface area (Å²) >= 11 is 0. The van der Waals surface area contributed by atoms with E-state index >= 15 is 0 Å². The molecule has 0 bridgehead atoms. The molecule has 0 aliphatic heterocycles. The lowest BCUT2D eigenvalue weighted by Gasteiger charge is -2.17. The summed E-state index contributed by atoms with van der Waals surface area (Å²) in [6, 6.07) is 0.0864. The monoisotopic (exact) mass is 186 g/mol. The summed E-state index contributed by atoms with van der Waals surface area (Å²) in [6.07, 6.45) is 0.899. The molecule has 0 aromatic rings. The molecule has 3 nitrogen and oxygen atoms in total. The lowest BCUT2D eigenvalue weighted by atomic mass is 9.97. The van der Waals surface area contributed by atoms with Gasteiger partial charge < -0.3 is 11.1 Å². The Morgan fingerprint density at radius 1 is 1.38 bits per heavy atom. The van der Waals surface area contributed by atoms with Crippen LogP contribution in [0.5, 0.6) is 0 Å². The summed E-state index contributed by atoms with van der Waals surface area (Å²) in [5.74, 6) is 0.570. The van der Waals surface area contributed by atoms with E-state index in [9.17, 15) is 4.79 Å². The zero-order chi connectivity index (χ0) is 10.4. The fourth-order valence-electron chi connectivity index (χ4n) is 0.840. The molecule has 2 atom stereocenters. The van der Waals surface area contributed by atoms with Crippen LogP contribution in [0.4, 0.5) is 0 Å². The van der Waals surface area contributed by atoms with Crippen molar-refractivity contribution in [2.24, 2.45) is 17.6 Å². The average molecular weight is 186 g/mol. The Labute approximate surface area is 81.1 Å². The maximum Gasteiger partial charge on any atom is 0.223 e. The molecule has 0 rings (SSSR count). The molecule has 78 valence electrons. The van der Waals surface area contributed by atoms with Crippen molar-refractivity contribution in [2.75, 3.05) is 6.54 Å². The van der Waals surface area contributed by atoms with E-state index in [-0.39, 0.29) is 17.9 Å². The average Bonchev–Trinajstić information content (AvgIpc) is 2.11. The molecule has 0 heterocycles. The maximum absolute atomic E-state index is 11.4. The minimum Gasteiger partial charge on any atom is -0.354 e. The van der Waals surface area contributed by atoms with Gasteiger partial charge in [0, 0.05) is 18.5 Å². The topological polar surface area (TPSA) is 55.1 Å². The second-order valence-electron chi connectivity index (χ2n) is 3.95. The van der Waals surface area contributed by atoms with Crippen molar-refractivity contribution in [3.63, 3.8) is 0 Å². The van der Waals surface area contributed by atoms with Gasteiger partial charge in [-0.25, -0.2) is 0 Å². The number of carbonyl (C=O) groups excluding carboxylic acids is 1. The van der Waals surface area contributed by atoms with Crippen LogP contribution in [-0.2, 0) is 4.79 Å². The number of rotatable bonds is 5. The van der Waals surface area contributed by atoms with Gasteiger partial charge in [-0.3, -0.25) is 4.79 Å². The maximum atomic E-state index is 11.4. The lowest BCUT2D eigenvalue weighted by molar-refractivity contribution is -0.125. The highest BCUT2D eigenvalue weighted by molar-refractivity contribution is 5.78. The molecule has 0 saturated heterocycles. The van der Waals surface area contributed by atoms with Crippen LogP contribution in [0, 0.1) is 11.8 Å². The summed E-state index contributed by atoms with van der Waals surface area (Å²) in [7, 11) is 0. The van der Waals surface area contributed by atoms with Crippen molar-refractivity contribution in [1.29, 1.82) is 0 Å². The van der Waals surface area contributed by atoms with E-state index in [0.29, 0.717) is 12.5 Å². The third-order valence-corrected chi connectivity index (χ3v) is 2.48. The molecule has 0 aliphatic carbocycles. The molecule has 0 spiro atoms. The van der Waals surface area contributed by atoms with Gasteiger partial charge in [-0.05, 0) is 12.3 Å². The first-order valence-corrected chi connectivity index (χ1v) is 5.02. The molecule has 0 fully saturated rings. The van der Waals surface area contributed by atoms with E-state index < -0.39 is 0 Å². The van der Waals surface area contributed by atoms with Crippen LogP contribution in [0.1, 0.15) is 34.1 Å². The molecule has 2 unspecified atom stereocenters. The van der Waals surface area contributed by atoms with E-state index in [2.05, 4.69) is 5.32 Å². The van der Waals surface area contributed by atoms with E-state index in [4.69, 9.17) is 5.73 Å². The normalized spacial score (nSPS) is 15.5. The Balaban J connectivity index is 3.74. The minimum atomic E-state index is 0.0732. The third-order valence-electron chi connectivity index (χ3n) is 2.48. The molecule has 3 heteroatoms.